The molecule has 210 valence electrons. The van der Waals surface area contributed by atoms with Crippen molar-refractivity contribution in [3.63, 3.8) is 0 Å². The number of allylic oxidation sites excluding steroid dienone is 1. The molecule has 37 heavy (non-hydrogen) atoms. The predicted molar refractivity (Wildman–Crippen MR) is 155 cm³/mol. The summed E-state index contributed by atoms with van der Waals surface area (Å²) in [5, 5.41) is 15.0. The molecule has 11 atom stereocenters. The average molecular weight is 510 g/mol. The largest absolute Gasteiger partial charge is 0.393 e. The third-order valence-corrected chi connectivity index (χ3v) is 15.0. The molecule has 0 saturated heterocycles. The van der Waals surface area contributed by atoms with Gasteiger partial charge in [0.2, 0.25) is 0 Å². The zero-order chi connectivity index (χ0) is 26.6. The van der Waals surface area contributed by atoms with Crippen molar-refractivity contribution in [1.82, 2.24) is 5.32 Å². The first-order valence-electron chi connectivity index (χ1n) is 16.4. The molecule has 6 fully saturated rings. The highest BCUT2D eigenvalue weighted by molar-refractivity contribution is 5.21. The van der Waals surface area contributed by atoms with Gasteiger partial charge in [-0.05, 0) is 154 Å². The van der Waals surface area contributed by atoms with E-state index in [-0.39, 0.29) is 11.5 Å². The molecule has 0 aromatic rings. The quantitative estimate of drug-likeness (QED) is 0.364. The van der Waals surface area contributed by atoms with E-state index in [1.807, 2.05) is 0 Å². The van der Waals surface area contributed by atoms with Crippen molar-refractivity contribution >= 4 is 0 Å². The number of aliphatic hydroxyl groups is 1. The number of hydrogen-bond donors (Lipinski definition) is 2. The van der Waals surface area contributed by atoms with Gasteiger partial charge in [0.05, 0.1) is 6.10 Å². The van der Waals surface area contributed by atoms with Crippen molar-refractivity contribution in [3.05, 3.63) is 12.2 Å². The molecule has 0 amide bonds. The molecular weight excluding hydrogens is 450 g/mol. The van der Waals surface area contributed by atoms with E-state index >= 15 is 0 Å². The Morgan fingerprint density at radius 2 is 1.57 bits per heavy atom. The smallest absolute Gasteiger partial charge is 0.0594 e. The standard InChI is InChI=1S/C35H59NO/c1-22(2)25-13-18-35(21-23(3)36-24-9-10-24)20-19-33(7)26(30(25)35)11-12-28-32(6)16-15-29(37)31(4,5)27(32)14-17-34(28,33)8/h23-30,36-37H,1,9-21H2,2-8H3/t23?,25-,26+,27-,28+,29-,30+,32-,33+,34+,35+/m0/s1. The zero-order valence-corrected chi connectivity index (χ0v) is 25.5. The lowest BCUT2D eigenvalue weighted by Crippen LogP contribution is -2.66. The highest BCUT2D eigenvalue weighted by Crippen LogP contribution is 2.78. The van der Waals surface area contributed by atoms with Crippen LogP contribution in [0.2, 0.25) is 0 Å². The van der Waals surface area contributed by atoms with E-state index in [0.717, 1.165) is 36.1 Å². The second kappa shape index (κ2) is 8.58. The lowest BCUT2D eigenvalue weighted by atomic mass is 9.32. The molecular formula is C35H59NO. The van der Waals surface area contributed by atoms with Crippen LogP contribution in [-0.2, 0) is 0 Å². The van der Waals surface area contributed by atoms with Gasteiger partial charge < -0.3 is 10.4 Å². The third-order valence-electron chi connectivity index (χ3n) is 15.0. The van der Waals surface area contributed by atoms with Crippen LogP contribution < -0.4 is 5.32 Å². The Balaban J connectivity index is 1.34. The summed E-state index contributed by atoms with van der Waals surface area (Å²) in [5.74, 6) is 3.88. The maximum Gasteiger partial charge on any atom is 0.0594 e. The Kier molecular flexibility index (Phi) is 6.23. The Bertz CT molecular complexity index is 920. The predicted octanol–water partition coefficient (Wildman–Crippen LogP) is 8.54. The molecule has 0 bridgehead atoms. The summed E-state index contributed by atoms with van der Waals surface area (Å²) in [6, 6.07) is 1.46. The van der Waals surface area contributed by atoms with E-state index in [2.05, 4.69) is 60.4 Å². The number of aliphatic hydroxyl groups excluding tert-OH is 1. The van der Waals surface area contributed by atoms with Crippen LogP contribution in [-0.4, -0.2) is 23.3 Å². The number of fused-ring (bicyclic) bond motifs is 7. The fourth-order valence-corrected chi connectivity index (χ4v) is 12.9. The second-order valence-electron chi connectivity index (χ2n) is 17.0. The minimum atomic E-state index is -0.127. The average Bonchev–Trinajstić information content (AvgIpc) is 3.54. The van der Waals surface area contributed by atoms with Crippen LogP contribution in [0, 0.1) is 56.7 Å². The van der Waals surface area contributed by atoms with Crippen LogP contribution in [0.4, 0.5) is 0 Å². The molecule has 6 rings (SSSR count). The molecule has 6 aliphatic carbocycles. The highest BCUT2D eigenvalue weighted by Gasteiger charge is 2.70. The van der Waals surface area contributed by atoms with Crippen LogP contribution in [0.1, 0.15) is 132 Å². The van der Waals surface area contributed by atoms with Crippen molar-refractivity contribution in [2.45, 2.75) is 150 Å². The lowest BCUT2D eigenvalue weighted by Gasteiger charge is -2.73. The molecule has 2 N–H and O–H groups in total. The molecule has 0 aromatic heterocycles. The van der Waals surface area contributed by atoms with Crippen molar-refractivity contribution in [1.29, 1.82) is 0 Å². The molecule has 0 radical (unpaired) electrons. The van der Waals surface area contributed by atoms with Crippen LogP contribution in [0.25, 0.3) is 0 Å². The van der Waals surface area contributed by atoms with Crippen LogP contribution in [0.3, 0.4) is 0 Å². The van der Waals surface area contributed by atoms with E-state index in [9.17, 15) is 5.11 Å². The molecule has 0 spiro atoms. The van der Waals surface area contributed by atoms with Crippen molar-refractivity contribution in [2.24, 2.45) is 56.7 Å². The van der Waals surface area contributed by atoms with Gasteiger partial charge in [0.1, 0.15) is 0 Å². The lowest BCUT2D eigenvalue weighted by molar-refractivity contribution is -0.248. The zero-order valence-electron chi connectivity index (χ0n) is 25.5. The molecule has 2 heteroatoms. The maximum atomic E-state index is 11.0. The molecule has 2 nitrogen and oxygen atoms in total. The van der Waals surface area contributed by atoms with Gasteiger partial charge in [0.15, 0.2) is 0 Å². The number of hydrogen-bond acceptors (Lipinski definition) is 2. The summed E-state index contributed by atoms with van der Waals surface area (Å²) < 4.78 is 0. The van der Waals surface area contributed by atoms with Gasteiger partial charge in [0, 0.05) is 12.1 Å². The molecule has 6 aliphatic rings. The Morgan fingerprint density at radius 1 is 0.838 bits per heavy atom. The third kappa shape index (κ3) is 3.69. The second-order valence-corrected chi connectivity index (χ2v) is 17.0. The Labute approximate surface area is 229 Å². The highest BCUT2D eigenvalue weighted by atomic mass is 16.3. The van der Waals surface area contributed by atoms with Crippen molar-refractivity contribution in [2.75, 3.05) is 0 Å². The minimum Gasteiger partial charge on any atom is -0.393 e. The Hall–Kier alpha value is -0.340. The van der Waals surface area contributed by atoms with Gasteiger partial charge in [-0.1, -0.05) is 46.8 Å². The summed E-state index contributed by atoms with van der Waals surface area (Å²) in [7, 11) is 0. The minimum absolute atomic E-state index is 0.0506. The fraction of sp³-hybridized carbons (Fsp3) is 0.943. The van der Waals surface area contributed by atoms with Gasteiger partial charge in [-0.3, -0.25) is 0 Å². The maximum absolute atomic E-state index is 11.0. The number of rotatable bonds is 5. The molecule has 1 unspecified atom stereocenters. The molecule has 0 aliphatic heterocycles. The summed E-state index contributed by atoms with van der Waals surface area (Å²) in [5.41, 5.74) is 3.29. The molecule has 0 heterocycles. The first kappa shape index (κ1) is 26.9. The summed E-state index contributed by atoms with van der Waals surface area (Å²) in [6.45, 7) is 22.4. The first-order valence-corrected chi connectivity index (χ1v) is 16.4. The van der Waals surface area contributed by atoms with E-state index < -0.39 is 0 Å². The van der Waals surface area contributed by atoms with E-state index in [1.165, 1.54) is 82.6 Å². The topological polar surface area (TPSA) is 32.3 Å². The molecule has 6 saturated carbocycles. The molecule has 0 aromatic carbocycles. The van der Waals surface area contributed by atoms with E-state index in [4.69, 9.17) is 0 Å². The summed E-state index contributed by atoms with van der Waals surface area (Å²) in [6.07, 6.45) is 17.5. The summed E-state index contributed by atoms with van der Waals surface area (Å²) in [4.78, 5) is 0. The summed E-state index contributed by atoms with van der Waals surface area (Å²) >= 11 is 0. The van der Waals surface area contributed by atoms with Gasteiger partial charge in [-0.25, -0.2) is 0 Å². The van der Waals surface area contributed by atoms with Crippen molar-refractivity contribution < 1.29 is 5.11 Å². The van der Waals surface area contributed by atoms with Gasteiger partial charge >= 0.3 is 0 Å². The van der Waals surface area contributed by atoms with Gasteiger partial charge in [0.25, 0.3) is 0 Å². The first-order chi connectivity index (χ1) is 17.3. The monoisotopic (exact) mass is 509 g/mol. The SMILES string of the molecule is C=C(C)[C@@H]1CC[C@]2(CC(C)NC3CC3)CC[C@]3(C)[C@H](CC[C@@H]4[C@@]5(C)CC[C@H](O)C(C)(C)[C@@H]5CC[C@]43C)[C@@H]12. The normalized spacial score (nSPS) is 53.4. The van der Waals surface area contributed by atoms with Crippen molar-refractivity contribution in [3.8, 4) is 0 Å². The van der Waals surface area contributed by atoms with E-state index in [1.54, 1.807) is 0 Å². The van der Waals surface area contributed by atoms with Gasteiger partial charge in [-0.15, -0.1) is 0 Å². The van der Waals surface area contributed by atoms with Gasteiger partial charge in [-0.2, -0.15) is 0 Å². The van der Waals surface area contributed by atoms with Crippen LogP contribution in [0.15, 0.2) is 12.2 Å². The van der Waals surface area contributed by atoms with E-state index in [0.29, 0.717) is 33.6 Å². The Morgan fingerprint density at radius 3 is 2.24 bits per heavy atom. The number of nitrogens with one attached hydrogen (secondary N) is 1. The van der Waals surface area contributed by atoms with Crippen LogP contribution in [0.5, 0.6) is 0 Å². The van der Waals surface area contributed by atoms with Crippen LogP contribution >= 0.6 is 0 Å². The fourth-order valence-electron chi connectivity index (χ4n) is 12.9.